The van der Waals surface area contributed by atoms with Crippen LogP contribution in [0.2, 0.25) is 0 Å². The Labute approximate surface area is 170 Å². The molecule has 2 amide bonds. The standard InChI is InChI=1S/C21H25N3O3S/c1-4-14(3)27-16-12-10-15(11-13-16)19(25)24-21(28)23-18-9-7-6-8-17(18)20(26)22-5-2/h6-14H,4-5H2,1-3H3,(H,22,26)(H2,23,24,25,28). The van der Waals surface area contributed by atoms with Gasteiger partial charge in [0.15, 0.2) is 5.11 Å². The minimum atomic E-state index is -0.344. The minimum Gasteiger partial charge on any atom is -0.491 e. The smallest absolute Gasteiger partial charge is 0.257 e. The van der Waals surface area contributed by atoms with Gasteiger partial charge in [-0.2, -0.15) is 0 Å². The molecule has 148 valence electrons. The van der Waals surface area contributed by atoms with Gasteiger partial charge in [-0.15, -0.1) is 0 Å². The van der Waals surface area contributed by atoms with Crippen molar-refractivity contribution >= 4 is 34.8 Å². The largest absolute Gasteiger partial charge is 0.491 e. The lowest BCUT2D eigenvalue weighted by molar-refractivity contribution is 0.0954. The summed E-state index contributed by atoms with van der Waals surface area (Å²) in [5.41, 5.74) is 1.43. The summed E-state index contributed by atoms with van der Waals surface area (Å²) in [7, 11) is 0. The number of thiocarbonyl (C=S) groups is 1. The summed E-state index contributed by atoms with van der Waals surface area (Å²) in [4.78, 5) is 24.5. The van der Waals surface area contributed by atoms with Crippen molar-refractivity contribution in [1.29, 1.82) is 0 Å². The monoisotopic (exact) mass is 399 g/mol. The Bertz CT molecular complexity index is 837. The Kier molecular flexibility index (Phi) is 7.95. The molecule has 0 spiro atoms. The highest BCUT2D eigenvalue weighted by Gasteiger charge is 2.13. The lowest BCUT2D eigenvalue weighted by atomic mass is 10.1. The molecule has 0 aliphatic carbocycles. The van der Waals surface area contributed by atoms with Gasteiger partial charge in [0.25, 0.3) is 11.8 Å². The Morgan fingerprint density at radius 3 is 2.36 bits per heavy atom. The van der Waals surface area contributed by atoms with E-state index in [2.05, 4.69) is 16.0 Å². The number of amides is 2. The summed E-state index contributed by atoms with van der Waals surface area (Å²) in [6.45, 7) is 6.40. The van der Waals surface area contributed by atoms with Crippen LogP contribution in [0.5, 0.6) is 5.75 Å². The zero-order valence-electron chi connectivity index (χ0n) is 16.2. The Morgan fingerprint density at radius 2 is 1.71 bits per heavy atom. The highest BCUT2D eigenvalue weighted by molar-refractivity contribution is 7.80. The topological polar surface area (TPSA) is 79.5 Å². The van der Waals surface area contributed by atoms with Gasteiger partial charge in [0.2, 0.25) is 0 Å². The quantitative estimate of drug-likeness (QED) is 0.618. The maximum absolute atomic E-state index is 12.4. The molecule has 1 atom stereocenters. The van der Waals surface area contributed by atoms with Crippen LogP contribution in [0.3, 0.4) is 0 Å². The molecule has 0 aromatic heterocycles. The first-order chi connectivity index (χ1) is 13.4. The molecule has 2 aromatic carbocycles. The second-order valence-corrected chi connectivity index (χ2v) is 6.58. The number of ether oxygens (including phenoxy) is 1. The number of carbonyl (C=O) groups is 2. The van der Waals surface area contributed by atoms with Crippen LogP contribution in [0, 0.1) is 0 Å². The third kappa shape index (κ3) is 6.06. The number of benzene rings is 2. The molecule has 0 saturated heterocycles. The van der Waals surface area contributed by atoms with E-state index in [0.29, 0.717) is 29.1 Å². The van der Waals surface area contributed by atoms with Crippen LogP contribution in [0.1, 0.15) is 47.9 Å². The van der Waals surface area contributed by atoms with Gasteiger partial charge in [-0.3, -0.25) is 14.9 Å². The van der Waals surface area contributed by atoms with Crippen molar-refractivity contribution in [2.45, 2.75) is 33.3 Å². The first kappa shape index (κ1) is 21.4. The number of rotatable bonds is 7. The van der Waals surface area contributed by atoms with Crippen LogP contribution in [0.15, 0.2) is 48.5 Å². The van der Waals surface area contributed by atoms with Gasteiger partial charge in [0, 0.05) is 12.1 Å². The molecule has 6 nitrogen and oxygen atoms in total. The fourth-order valence-corrected chi connectivity index (χ4v) is 2.58. The van der Waals surface area contributed by atoms with E-state index >= 15 is 0 Å². The summed E-state index contributed by atoms with van der Waals surface area (Å²) in [5, 5.41) is 8.39. The average Bonchev–Trinajstić information content (AvgIpc) is 2.68. The highest BCUT2D eigenvalue weighted by Crippen LogP contribution is 2.16. The summed E-state index contributed by atoms with van der Waals surface area (Å²) in [6.07, 6.45) is 1.02. The molecule has 0 radical (unpaired) electrons. The predicted octanol–water partition coefficient (Wildman–Crippen LogP) is 3.74. The van der Waals surface area contributed by atoms with Crippen molar-refractivity contribution in [2.24, 2.45) is 0 Å². The van der Waals surface area contributed by atoms with Crippen LogP contribution in [-0.4, -0.2) is 29.6 Å². The maximum Gasteiger partial charge on any atom is 0.257 e. The van der Waals surface area contributed by atoms with Crippen LogP contribution < -0.4 is 20.7 Å². The fraction of sp³-hybridized carbons (Fsp3) is 0.286. The molecular weight excluding hydrogens is 374 g/mol. The molecule has 28 heavy (non-hydrogen) atoms. The van der Waals surface area contributed by atoms with E-state index in [4.69, 9.17) is 17.0 Å². The van der Waals surface area contributed by atoms with Gasteiger partial charge in [0.1, 0.15) is 5.75 Å². The zero-order valence-corrected chi connectivity index (χ0v) is 17.1. The Hall–Kier alpha value is -2.93. The van der Waals surface area contributed by atoms with Crippen molar-refractivity contribution in [3.63, 3.8) is 0 Å². The molecule has 1 unspecified atom stereocenters. The molecule has 0 fully saturated rings. The van der Waals surface area contributed by atoms with Gasteiger partial charge in [-0.1, -0.05) is 19.1 Å². The minimum absolute atomic E-state index is 0.112. The van der Waals surface area contributed by atoms with Gasteiger partial charge in [0.05, 0.1) is 17.4 Å². The van der Waals surface area contributed by atoms with Gasteiger partial charge < -0.3 is 15.4 Å². The molecule has 0 saturated carbocycles. The summed E-state index contributed by atoms with van der Waals surface area (Å²) >= 11 is 5.22. The lowest BCUT2D eigenvalue weighted by Gasteiger charge is -2.14. The predicted molar refractivity (Wildman–Crippen MR) is 115 cm³/mol. The third-order valence-corrected chi connectivity index (χ3v) is 4.22. The molecule has 0 aliphatic heterocycles. The first-order valence-electron chi connectivity index (χ1n) is 9.20. The summed E-state index contributed by atoms with van der Waals surface area (Å²) < 4.78 is 5.71. The van der Waals surface area contributed by atoms with Crippen molar-refractivity contribution in [1.82, 2.24) is 10.6 Å². The molecule has 0 bridgehead atoms. The van der Waals surface area contributed by atoms with E-state index in [9.17, 15) is 9.59 Å². The Balaban J connectivity index is 2.00. The number of nitrogens with one attached hydrogen (secondary N) is 3. The SMILES string of the molecule is CCNC(=O)c1ccccc1NC(=S)NC(=O)c1ccc(OC(C)CC)cc1. The van der Waals surface area contributed by atoms with Crippen LogP contribution in [-0.2, 0) is 0 Å². The molecule has 0 aliphatic rings. The van der Waals surface area contributed by atoms with E-state index in [1.165, 1.54) is 0 Å². The van der Waals surface area contributed by atoms with Gasteiger partial charge in [-0.05, 0) is 68.9 Å². The normalized spacial score (nSPS) is 11.2. The molecule has 2 rings (SSSR count). The zero-order chi connectivity index (χ0) is 20.5. The van der Waals surface area contributed by atoms with E-state index < -0.39 is 0 Å². The summed E-state index contributed by atoms with van der Waals surface area (Å²) in [5.74, 6) is 0.155. The maximum atomic E-state index is 12.4. The van der Waals surface area contributed by atoms with Crippen molar-refractivity contribution < 1.29 is 14.3 Å². The number of carbonyl (C=O) groups excluding carboxylic acids is 2. The number of hydrogen-bond donors (Lipinski definition) is 3. The van der Waals surface area contributed by atoms with Crippen LogP contribution >= 0.6 is 12.2 Å². The summed E-state index contributed by atoms with van der Waals surface area (Å²) in [6, 6.07) is 13.8. The van der Waals surface area contributed by atoms with E-state index in [-0.39, 0.29) is 23.0 Å². The second-order valence-electron chi connectivity index (χ2n) is 6.17. The molecule has 0 heterocycles. The Morgan fingerprint density at radius 1 is 1.04 bits per heavy atom. The lowest BCUT2D eigenvalue weighted by Crippen LogP contribution is -2.35. The number of hydrogen-bond acceptors (Lipinski definition) is 4. The van der Waals surface area contributed by atoms with Gasteiger partial charge >= 0.3 is 0 Å². The van der Waals surface area contributed by atoms with Crippen molar-refractivity contribution in [2.75, 3.05) is 11.9 Å². The van der Waals surface area contributed by atoms with E-state index in [0.717, 1.165) is 6.42 Å². The first-order valence-corrected chi connectivity index (χ1v) is 9.61. The fourth-order valence-electron chi connectivity index (χ4n) is 2.38. The van der Waals surface area contributed by atoms with Gasteiger partial charge in [-0.25, -0.2) is 0 Å². The molecular formula is C21H25N3O3S. The third-order valence-electron chi connectivity index (χ3n) is 4.01. The molecule has 3 N–H and O–H groups in total. The molecule has 2 aromatic rings. The van der Waals surface area contributed by atoms with E-state index in [1.54, 1.807) is 48.5 Å². The highest BCUT2D eigenvalue weighted by atomic mass is 32.1. The average molecular weight is 400 g/mol. The van der Waals surface area contributed by atoms with Crippen LogP contribution in [0.25, 0.3) is 0 Å². The van der Waals surface area contributed by atoms with Crippen LogP contribution in [0.4, 0.5) is 5.69 Å². The van der Waals surface area contributed by atoms with E-state index in [1.807, 2.05) is 20.8 Å². The number of anilines is 1. The van der Waals surface area contributed by atoms with Crippen molar-refractivity contribution in [3.05, 3.63) is 59.7 Å². The van der Waals surface area contributed by atoms with Crippen molar-refractivity contribution in [3.8, 4) is 5.75 Å². The number of para-hydroxylation sites is 1. The second kappa shape index (κ2) is 10.4. The molecule has 7 heteroatoms.